The molecule has 1 N–H and O–H groups in total. The second-order valence-electron chi connectivity index (χ2n) is 7.98. The second-order valence-corrected chi connectivity index (χ2v) is 8.89. The van der Waals surface area contributed by atoms with E-state index in [2.05, 4.69) is 42.1 Å². The first-order chi connectivity index (χ1) is 15.2. The van der Waals surface area contributed by atoms with Crippen molar-refractivity contribution in [1.82, 2.24) is 4.98 Å². The highest BCUT2D eigenvalue weighted by atomic mass is 79.9. The Bertz CT molecular complexity index is 1040. The predicted octanol–water partition coefficient (Wildman–Crippen LogP) is 4.28. The summed E-state index contributed by atoms with van der Waals surface area (Å²) in [7, 11) is 0. The van der Waals surface area contributed by atoms with Gasteiger partial charge in [-0.25, -0.2) is 0 Å². The van der Waals surface area contributed by atoms with Crippen LogP contribution in [0.25, 0.3) is 11.1 Å². The van der Waals surface area contributed by atoms with Gasteiger partial charge in [0.25, 0.3) is 6.01 Å². The van der Waals surface area contributed by atoms with Crippen LogP contribution in [-0.4, -0.2) is 50.3 Å². The minimum atomic E-state index is -0.0304. The zero-order valence-corrected chi connectivity index (χ0v) is 18.8. The van der Waals surface area contributed by atoms with E-state index in [0.29, 0.717) is 19.2 Å². The molecular weight excluding hydrogens is 460 g/mol. The summed E-state index contributed by atoms with van der Waals surface area (Å²) < 4.78 is 12.3. The zero-order valence-electron chi connectivity index (χ0n) is 17.2. The molecule has 2 aliphatic heterocycles. The van der Waals surface area contributed by atoms with Crippen LogP contribution in [0.4, 0.5) is 17.4 Å². The molecule has 0 unspecified atom stereocenters. The standard InChI is InChI=1S/C23H25BrN4O3/c24-17-5-6-20(27-11-13-30-14-12-27)19(15-17)25-22(29)16-7-9-28(10-8-16)23-26-18-3-1-2-4-21(18)31-23/h1-6,15-16H,7-14H2,(H,25,29). The van der Waals surface area contributed by atoms with E-state index in [-0.39, 0.29) is 11.8 Å². The van der Waals surface area contributed by atoms with Gasteiger partial charge in [0.1, 0.15) is 5.52 Å². The lowest BCUT2D eigenvalue weighted by Crippen LogP contribution is -2.39. The smallest absolute Gasteiger partial charge is 0.298 e. The van der Waals surface area contributed by atoms with Gasteiger partial charge >= 0.3 is 0 Å². The van der Waals surface area contributed by atoms with E-state index in [0.717, 1.165) is 66.0 Å². The third kappa shape index (κ3) is 4.41. The van der Waals surface area contributed by atoms with E-state index >= 15 is 0 Å². The SMILES string of the molecule is O=C(Nc1cc(Br)ccc1N1CCOCC1)C1CCN(c2nc3ccccc3o2)CC1. The number of oxazole rings is 1. The number of halogens is 1. The first-order valence-corrected chi connectivity index (χ1v) is 11.5. The Morgan fingerprint density at radius 2 is 1.81 bits per heavy atom. The van der Waals surface area contributed by atoms with Crippen molar-refractivity contribution in [2.75, 3.05) is 54.5 Å². The molecule has 162 valence electrons. The summed E-state index contributed by atoms with van der Waals surface area (Å²) in [6.07, 6.45) is 1.54. The molecule has 3 aromatic rings. The first kappa shape index (κ1) is 20.3. The van der Waals surface area contributed by atoms with Gasteiger partial charge < -0.3 is 24.3 Å². The van der Waals surface area contributed by atoms with Crippen molar-refractivity contribution < 1.29 is 13.9 Å². The maximum absolute atomic E-state index is 13.1. The number of rotatable bonds is 4. The van der Waals surface area contributed by atoms with Crippen LogP contribution in [0.5, 0.6) is 0 Å². The van der Waals surface area contributed by atoms with Gasteiger partial charge in [-0.3, -0.25) is 4.79 Å². The molecule has 5 rings (SSSR count). The molecule has 2 saturated heterocycles. The monoisotopic (exact) mass is 484 g/mol. The molecule has 2 fully saturated rings. The van der Waals surface area contributed by atoms with E-state index in [4.69, 9.17) is 9.15 Å². The third-order valence-corrected chi connectivity index (χ3v) is 6.48. The predicted molar refractivity (Wildman–Crippen MR) is 125 cm³/mol. The van der Waals surface area contributed by atoms with Crippen molar-refractivity contribution in [2.24, 2.45) is 5.92 Å². The van der Waals surface area contributed by atoms with Crippen LogP contribution in [0, 0.1) is 5.92 Å². The van der Waals surface area contributed by atoms with E-state index in [1.165, 1.54) is 0 Å². The molecule has 0 aliphatic carbocycles. The number of nitrogens with one attached hydrogen (secondary N) is 1. The number of hydrogen-bond donors (Lipinski definition) is 1. The Hall–Kier alpha value is -2.58. The molecule has 0 bridgehead atoms. The summed E-state index contributed by atoms with van der Waals surface area (Å²) in [6.45, 7) is 4.57. The number of fused-ring (bicyclic) bond motifs is 1. The molecule has 0 radical (unpaired) electrons. The van der Waals surface area contributed by atoms with Gasteiger partial charge in [0, 0.05) is 36.6 Å². The quantitative estimate of drug-likeness (QED) is 0.595. The number of morpholine rings is 1. The summed E-state index contributed by atoms with van der Waals surface area (Å²) in [4.78, 5) is 22.0. The number of hydrogen-bond acceptors (Lipinski definition) is 6. The van der Waals surface area contributed by atoms with Gasteiger partial charge in [-0.05, 0) is 43.2 Å². The fourth-order valence-electron chi connectivity index (χ4n) is 4.25. The van der Waals surface area contributed by atoms with Crippen LogP contribution in [0.3, 0.4) is 0 Å². The highest BCUT2D eigenvalue weighted by Crippen LogP contribution is 2.32. The van der Waals surface area contributed by atoms with Crippen LogP contribution >= 0.6 is 15.9 Å². The van der Waals surface area contributed by atoms with E-state index in [9.17, 15) is 4.79 Å². The van der Waals surface area contributed by atoms with Gasteiger partial charge in [0.15, 0.2) is 5.58 Å². The largest absolute Gasteiger partial charge is 0.423 e. The summed E-state index contributed by atoms with van der Waals surface area (Å²) in [5.74, 6) is 0.0435. The molecule has 1 aromatic heterocycles. The number of piperidine rings is 1. The molecule has 3 heterocycles. The number of ether oxygens (including phenoxy) is 1. The molecular formula is C23H25BrN4O3. The normalized spacial score (nSPS) is 17.8. The second kappa shape index (κ2) is 8.88. The first-order valence-electron chi connectivity index (χ1n) is 10.7. The number of para-hydroxylation sites is 2. The Morgan fingerprint density at radius 3 is 2.58 bits per heavy atom. The van der Waals surface area contributed by atoms with Crippen molar-refractivity contribution in [3.63, 3.8) is 0 Å². The molecule has 7 nitrogen and oxygen atoms in total. The highest BCUT2D eigenvalue weighted by molar-refractivity contribution is 9.10. The van der Waals surface area contributed by atoms with Crippen LogP contribution in [0.15, 0.2) is 51.4 Å². The van der Waals surface area contributed by atoms with Crippen LogP contribution in [-0.2, 0) is 9.53 Å². The Morgan fingerprint density at radius 1 is 1.03 bits per heavy atom. The van der Waals surface area contributed by atoms with Gasteiger partial charge in [-0.2, -0.15) is 4.98 Å². The Balaban J connectivity index is 1.24. The van der Waals surface area contributed by atoms with Crippen LogP contribution in [0.1, 0.15) is 12.8 Å². The lowest BCUT2D eigenvalue weighted by molar-refractivity contribution is -0.120. The molecule has 2 aromatic carbocycles. The van der Waals surface area contributed by atoms with Gasteiger partial charge in [0.2, 0.25) is 5.91 Å². The Labute approximate surface area is 189 Å². The lowest BCUT2D eigenvalue weighted by Gasteiger charge is -2.32. The third-order valence-electron chi connectivity index (χ3n) is 5.99. The van der Waals surface area contributed by atoms with Gasteiger partial charge in [0.05, 0.1) is 24.6 Å². The fraction of sp³-hybridized carbons (Fsp3) is 0.391. The zero-order chi connectivity index (χ0) is 21.2. The number of carbonyl (C=O) groups is 1. The van der Waals surface area contributed by atoms with Crippen molar-refractivity contribution >= 4 is 50.3 Å². The molecule has 1 amide bonds. The average molecular weight is 485 g/mol. The van der Waals surface area contributed by atoms with Crippen molar-refractivity contribution in [2.45, 2.75) is 12.8 Å². The number of aromatic nitrogens is 1. The molecule has 0 spiro atoms. The number of nitrogens with zero attached hydrogens (tertiary/aromatic N) is 3. The minimum absolute atomic E-state index is 0.0304. The molecule has 0 atom stereocenters. The minimum Gasteiger partial charge on any atom is -0.423 e. The number of anilines is 3. The number of benzene rings is 2. The fourth-order valence-corrected chi connectivity index (χ4v) is 4.61. The van der Waals surface area contributed by atoms with E-state index in [1.807, 2.05) is 36.4 Å². The number of carbonyl (C=O) groups excluding carboxylic acids is 1. The maximum Gasteiger partial charge on any atom is 0.298 e. The molecule has 31 heavy (non-hydrogen) atoms. The summed E-state index contributed by atoms with van der Waals surface area (Å²) in [5, 5.41) is 3.19. The van der Waals surface area contributed by atoms with Crippen molar-refractivity contribution in [3.8, 4) is 0 Å². The number of amides is 1. The summed E-state index contributed by atoms with van der Waals surface area (Å²) in [6, 6.07) is 14.5. The topological polar surface area (TPSA) is 70.8 Å². The van der Waals surface area contributed by atoms with E-state index < -0.39 is 0 Å². The van der Waals surface area contributed by atoms with Crippen molar-refractivity contribution in [1.29, 1.82) is 0 Å². The molecule has 0 saturated carbocycles. The molecule has 8 heteroatoms. The van der Waals surface area contributed by atoms with E-state index in [1.54, 1.807) is 0 Å². The Kier molecular flexibility index (Phi) is 5.82. The van der Waals surface area contributed by atoms with Crippen molar-refractivity contribution in [3.05, 3.63) is 46.9 Å². The summed E-state index contributed by atoms with van der Waals surface area (Å²) >= 11 is 3.54. The van der Waals surface area contributed by atoms with Gasteiger partial charge in [-0.15, -0.1) is 0 Å². The highest BCUT2D eigenvalue weighted by Gasteiger charge is 2.28. The average Bonchev–Trinajstić information content (AvgIpc) is 3.24. The molecule has 2 aliphatic rings. The van der Waals surface area contributed by atoms with Crippen LogP contribution in [0.2, 0.25) is 0 Å². The van der Waals surface area contributed by atoms with Crippen LogP contribution < -0.4 is 15.1 Å². The lowest BCUT2D eigenvalue weighted by atomic mass is 9.96. The maximum atomic E-state index is 13.1. The van der Waals surface area contributed by atoms with Gasteiger partial charge in [-0.1, -0.05) is 28.1 Å². The summed E-state index contributed by atoms with van der Waals surface area (Å²) in [5.41, 5.74) is 3.55.